The van der Waals surface area contributed by atoms with Crippen LogP contribution in [0.5, 0.6) is 0 Å². The lowest BCUT2D eigenvalue weighted by Crippen LogP contribution is -2.49. The summed E-state index contributed by atoms with van der Waals surface area (Å²) < 4.78 is 44.5. The summed E-state index contributed by atoms with van der Waals surface area (Å²) in [6.45, 7) is 5.57. The van der Waals surface area contributed by atoms with Crippen molar-refractivity contribution in [2.75, 3.05) is 28.2 Å². The van der Waals surface area contributed by atoms with E-state index in [1.807, 2.05) is 5.32 Å². The number of aromatic nitrogens is 3. The highest BCUT2D eigenvalue weighted by molar-refractivity contribution is 6.05. The van der Waals surface area contributed by atoms with Crippen molar-refractivity contribution in [2.45, 2.75) is 45.5 Å². The number of carbonyl (C=O) groups excluding carboxylic acids is 2. The molecule has 2 aliphatic heterocycles. The van der Waals surface area contributed by atoms with Crippen LogP contribution < -0.4 is 20.4 Å². The van der Waals surface area contributed by atoms with E-state index in [2.05, 4.69) is 25.2 Å². The Morgan fingerprint density at radius 3 is 2.70 bits per heavy atom. The van der Waals surface area contributed by atoms with Crippen molar-refractivity contribution in [2.24, 2.45) is 0 Å². The number of fused-ring (bicyclic) bond motifs is 4. The van der Waals surface area contributed by atoms with Gasteiger partial charge in [-0.2, -0.15) is 13.2 Å². The van der Waals surface area contributed by atoms with E-state index in [-0.39, 0.29) is 23.4 Å². The van der Waals surface area contributed by atoms with E-state index in [0.29, 0.717) is 48.0 Å². The standard InChI is InChI=1S/C24H24F3N7O3/c1-12-8-17(22(35)30-13(2)24(25,26)27)31-21-20(12)33-7-5-16(11-33)34(21)23(36)32-19-9-15(4-6-28-19)18-10-29-14(3)37-18/h4,6,8-10,13,16H,5,7,11H2,1-3H3,(H,30,35)(H,28,32,36)/t13?,16-/m0/s1. The highest BCUT2D eigenvalue weighted by Crippen LogP contribution is 2.41. The smallest absolute Gasteiger partial charge is 0.408 e. The minimum Gasteiger partial charge on any atom is -0.441 e. The summed E-state index contributed by atoms with van der Waals surface area (Å²) in [7, 11) is 0. The minimum atomic E-state index is -4.60. The quantitative estimate of drug-likeness (QED) is 0.538. The van der Waals surface area contributed by atoms with Gasteiger partial charge in [-0.25, -0.2) is 19.7 Å². The summed E-state index contributed by atoms with van der Waals surface area (Å²) in [5.74, 6) is 0.534. The number of urea groups is 1. The third-order valence-corrected chi connectivity index (χ3v) is 6.43. The zero-order chi connectivity index (χ0) is 26.5. The van der Waals surface area contributed by atoms with Crippen LogP contribution in [0.3, 0.4) is 0 Å². The summed E-state index contributed by atoms with van der Waals surface area (Å²) in [5.41, 5.74) is 1.77. The van der Waals surface area contributed by atoms with Gasteiger partial charge in [0.25, 0.3) is 5.91 Å². The minimum absolute atomic E-state index is 0.200. The molecule has 0 radical (unpaired) electrons. The molecule has 0 aliphatic carbocycles. The number of rotatable bonds is 4. The second-order valence-electron chi connectivity index (χ2n) is 9.10. The normalized spacial score (nSPS) is 17.4. The van der Waals surface area contributed by atoms with Gasteiger partial charge in [-0.3, -0.25) is 15.0 Å². The number of alkyl halides is 3. The molecule has 37 heavy (non-hydrogen) atoms. The zero-order valence-corrected chi connectivity index (χ0v) is 20.3. The van der Waals surface area contributed by atoms with Gasteiger partial charge in [0.15, 0.2) is 17.5 Å². The second kappa shape index (κ2) is 9.05. The van der Waals surface area contributed by atoms with Crippen molar-refractivity contribution < 1.29 is 27.2 Å². The zero-order valence-electron chi connectivity index (χ0n) is 20.3. The number of carbonyl (C=O) groups is 2. The molecule has 2 N–H and O–H groups in total. The fraction of sp³-hybridized carbons (Fsp3) is 0.375. The van der Waals surface area contributed by atoms with E-state index < -0.39 is 24.2 Å². The van der Waals surface area contributed by atoms with Gasteiger partial charge >= 0.3 is 12.2 Å². The van der Waals surface area contributed by atoms with Gasteiger partial charge in [0.05, 0.1) is 17.9 Å². The first-order valence-corrected chi connectivity index (χ1v) is 11.6. The van der Waals surface area contributed by atoms with E-state index in [9.17, 15) is 22.8 Å². The van der Waals surface area contributed by atoms with Crippen LogP contribution in [-0.2, 0) is 0 Å². The van der Waals surface area contributed by atoms with Crippen molar-refractivity contribution in [3.05, 3.63) is 47.7 Å². The summed E-state index contributed by atoms with van der Waals surface area (Å²) in [6.07, 6.45) is -0.831. The molecule has 0 saturated carbocycles. The third kappa shape index (κ3) is 4.68. The van der Waals surface area contributed by atoms with Crippen molar-refractivity contribution in [3.8, 4) is 11.3 Å². The summed E-state index contributed by atoms with van der Waals surface area (Å²) >= 11 is 0. The Balaban J connectivity index is 1.45. The number of halogens is 3. The number of amides is 3. The van der Waals surface area contributed by atoms with Crippen LogP contribution in [0.1, 0.15) is 35.3 Å². The Hall–Kier alpha value is -4.16. The molecule has 1 saturated heterocycles. The molecule has 5 rings (SSSR count). The fourth-order valence-electron chi connectivity index (χ4n) is 4.58. The van der Waals surface area contributed by atoms with Gasteiger partial charge in [0, 0.05) is 31.8 Å². The molecule has 194 valence electrons. The van der Waals surface area contributed by atoms with Gasteiger partial charge in [0.1, 0.15) is 17.6 Å². The van der Waals surface area contributed by atoms with Crippen LogP contribution in [0.25, 0.3) is 11.3 Å². The highest BCUT2D eigenvalue weighted by atomic mass is 19.4. The van der Waals surface area contributed by atoms with Gasteiger partial charge in [-0.05, 0) is 44.0 Å². The van der Waals surface area contributed by atoms with Crippen molar-refractivity contribution in [3.63, 3.8) is 0 Å². The van der Waals surface area contributed by atoms with Crippen LogP contribution >= 0.6 is 0 Å². The molecule has 0 spiro atoms. The molecular formula is C24H24F3N7O3. The fourth-order valence-corrected chi connectivity index (χ4v) is 4.58. The molecule has 10 nitrogen and oxygen atoms in total. The van der Waals surface area contributed by atoms with Crippen LogP contribution in [0.15, 0.2) is 35.0 Å². The van der Waals surface area contributed by atoms with E-state index in [0.717, 1.165) is 6.92 Å². The highest BCUT2D eigenvalue weighted by Gasteiger charge is 2.42. The molecule has 1 unspecified atom stereocenters. The number of hydrogen-bond donors (Lipinski definition) is 2. The van der Waals surface area contributed by atoms with Gasteiger partial charge in [-0.15, -0.1) is 0 Å². The van der Waals surface area contributed by atoms with Crippen LogP contribution in [0, 0.1) is 13.8 Å². The molecule has 1 fully saturated rings. The molecular weight excluding hydrogens is 491 g/mol. The predicted octanol–water partition coefficient (Wildman–Crippen LogP) is 4.06. The monoisotopic (exact) mass is 515 g/mol. The number of nitrogens with zero attached hydrogens (tertiary/aromatic N) is 5. The Morgan fingerprint density at radius 1 is 1.22 bits per heavy atom. The number of oxazole rings is 1. The van der Waals surface area contributed by atoms with E-state index in [1.165, 1.54) is 17.2 Å². The number of anilines is 3. The van der Waals surface area contributed by atoms with E-state index in [4.69, 9.17) is 4.42 Å². The Bertz CT molecular complexity index is 1370. The first-order valence-electron chi connectivity index (χ1n) is 11.6. The first-order chi connectivity index (χ1) is 17.5. The largest absolute Gasteiger partial charge is 0.441 e. The molecule has 5 heterocycles. The number of aryl methyl sites for hydroxylation is 2. The van der Waals surface area contributed by atoms with Gasteiger partial charge < -0.3 is 14.6 Å². The Labute approximate surface area is 209 Å². The van der Waals surface area contributed by atoms with Crippen molar-refractivity contribution in [1.82, 2.24) is 20.3 Å². The van der Waals surface area contributed by atoms with E-state index in [1.54, 1.807) is 32.2 Å². The van der Waals surface area contributed by atoms with E-state index >= 15 is 0 Å². The van der Waals surface area contributed by atoms with Gasteiger partial charge in [0.2, 0.25) is 0 Å². The maximum Gasteiger partial charge on any atom is 0.408 e. The summed E-state index contributed by atoms with van der Waals surface area (Å²) in [4.78, 5) is 42.3. The SMILES string of the molecule is Cc1ncc(-c2ccnc(NC(=O)N3c4nc(C(=O)NC(C)C(F)(F)F)cc(C)c4N4CC[C@H]3C4)c2)o1. The Morgan fingerprint density at radius 2 is 2.00 bits per heavy atom. The second-order valence-corrected chi connectivity index (χ2v) is 9.10. The number of pyridine rings is 2. The van der Waals surface area contributed by atoms with Crippen molar-refractivity contribution in [1.29, 1.82) is 0 Å². The molecule has 3 amide bonds. The number of hydrogen-bond acceptors (Lipinski definition) is 7. The lowest BCUT2D eigenvalue weighted by atomic mass is 10.1. The summed E-state index contributed by atoms with van der Waals surface area (Å²) in [5, 5.41) is 4.71. The van der Waals surface area contributed by atoms with Crippen LogP contribution in [-0.4, -0.2) is 58.2 Å². The molecule has 0 aromatic carbocycles. The predicted molar refractivity (Wildman–Crippen MR) is 129 cm³/mol. The average Bonchev–Trinajstić information content (AvgIpc) is 3.45. The van der Waals surface area contributed by atoms with Crippen LogP contribution in [0.2, 0.25) is 0 Å². The molecule has 2 aliphatic rings. The van der Waals surface area contributed by atoms with Crippen LogP contribution in [0.4, 0.5) is 35.3 Å². The molecule has 3 aromatic rings. The molecule has 3 aromatic heterocycles. The van der Waals surface area contributed by atoms with Crippen molar-refractivity contribution >= 4 is 29.3 Å². The molecule has 2 atom stereocenters. The maximum atomic E-state index is 13.5. The topological polar surface area (TPSA) is 116 Å². The van der Waals surface area contributed by atoms with Gasteiger partial charge in [-0.1, -0.05) is 0 Å². The Kier molecular flexibility index (Phi) is 6.00. The lowest BCUT2D eigenvalue weighted by Gasteiger charge is -2.36. The number of nitrogens with one attached hydrogen (secondary N) is 2. The molecule has 13 heteroatoms. The molecule has 2 bridgehead atoms. The first kappa shape index (κ1) is 24.5. The summed E-state index contributed by atoms with van der Waals surface area (Å²) in [6, 6.07) is 2.01. The average molecular weight is 515 g/mol. The third-order valence-electron chi connectivity index (χ3n) is 6.43. The lowest BCUT2D eigenvalue weighted by molar-refractivity contribution is -0.149. The maximum absolute atomic E-state index is 13.5.